The highest BCUT2D eigenvalue weighted by atomic mass is 19.4. The minimum atomic E-state index is -4.51. The Kier molecular flexibility index (Phi) is 6.67. The third kappa shape index (κ3) is 6.90. The molecule has 1 aromatic carbocycles. The van der Waals surface area contributed by atoms with Gasteiger partial charge in [0.15, 0.2) is 18.1 Å². The van der Waals surface area contributed by atoms with Crippen LogP contribution in [0.3, 0.4) is 0 Å². The van der Waals surface area contributed by atoms with E-state index >= 15 is 0 Å². The maximum atomic E-state index is 11.9. The van der Waals surface area contributed by atoms with Gasteiger partial charge in [0.25, 0.3) is 5.91 Å². The predicted octanol–water partition coefficient (Wildman–Crippen LogP) is 1.47. The van der Waals surface area contributed by atoms with Gasteiger partial charge in [-0.05, 0) is 17.7 Å². The van der Waals surface area contributed by atoms with Gasteiger partial charge in [-0.3, -0.25) is 9.59 Å². The Morgan fingerprint density at radius 1 is 1.13 bits per heavy atom. The first kappa shape index (κ1) is 18.6. The van der Waals surface area contributed by atoms with Crippen molar-refractivity contribution in [1.82, 2.24) is 5.32 Å². The number of nitrogens with one attached hydrogen (secondary N) is 1. The molecular formula is C14H16F3NO5. The highest BCUT2D eigenvalue weighted by Crippen LogP contribution is 2.27. The fraction of sp³-hybridized carbons (Fsp3) is 0.429. The molecule has 0 spiro atoms. The molecule has 0 radical (unpaired) electrons. The van der Waals surface area contributed by atoms with Gasteiger partial charge in [-0.2, -0.15) is 13.2 Å². The van der Waals surface area contributed by atoms with Gasteiger partial charge in [-0.1, -0.05) is 6.07 Å². The number of rotatable bonds is 7. The quantitative estimate of drug-likeness (QED) is 0.764. The van der Waals surface area contributed by atoms with Crippen LogP contribution in [0.2, 0.25) is 0 Å². The second kappa shape index (κ2) is 8.25. The van der Waals surface area contributed by atoms with Gasteiger partial charge >= 0.3 is 12.1 Å². The number of halogens is 3. The molecule has 1 rings (SSSR count). The van der Waals surface area contributed by atoms with E-state index in [9.17, 15) is 22.8 Å². The minimum absolute atomic E-state index is 0.160. The number of amides is 1. The largest absolute Gasteiger partial charge is 0.493 e. The van der Waals surface area contributed by atoms with E-state index < -0.39 is 31.2 Å². The fourth-order valence-electron chi connectivity index (χ4n) is 1.60. The zero-order valence-corrected chi connectivity index (χ0v) is 12.5. The lowest BCUT2D eigenvalue weighted by Gasteiger charge is -2.10. The Hall–Kier alpha value is -2.45. The molecular weight excluding hydrogens is 319 g/mol. The number of benzene rings is 1. The Morgan fingerprint density at radius 3 is 2.35 bits per heavy atom. The van der Waals surface area contributed by atoms with Crippen LogP contribution in [0, 0.1) is 0 Å². The molecule has 1 aromatic rings. The highest BCUT2D eigenvalue weighted by Gasteiger charge is 2.27. The molecule has 0 saturated heterocycles. The van der Waals surface area contributed by atoms with Gasteiger partial charge in [-0.15, -0.1) is 0 Å². The number of methoxy groups -OCH3 is 2. The van der Waals surface area contributed by atoms with Crippen LogP contribution in [0.5, 0.6) is 11.5 Å². The first-order valence-corrected chi connectivity index (χ1v) is 6.45. The van der Waals surface area contributed by atoms with E-state index in [0.717, 1.165) is 0 Å². The first-order chi connectivity index (χ1) is 10.7. The third-order valence-electron chi connectivity index (χ3n) is 2.65. The van der Waals surface area contributed by atoms with Crippen LogP contribution in [-0.4, -0.2) is 45.4 Å². The van der Waals surface area contributed by atoms with E-state index in [1.807, 2.05) is 0 Å². The molecule has 0 saturated carbocycles. The van der Waals surface area contributed by atoms with Crippen molar-refractivity contribution in [2.24, 2.45) is 0 Å². The molecule has 1 N–H and O–H groups in total. The number of alkyl halides is 3. The number of hydrogen-bond acceptors (Lipinski definition) is 5. The summed E-state index contributed by atoms with van der Waals surface area (Å²) in [6, 6.07) is 4.76. The number of carbonyl (C=O) groups is 2. The number of hydrogen-bond donors (Lipinski definition) is 1. The Morgan fingerprint density at radius 2 is 1.78 bits per heavy atom. The van der Waals surface area contributed by atoms with Gasteiger partial charge in [0.05, 0.1) is 20.6 Å². The zero-order valence-electron chi connectivity index (χ0n) is 12.5. The number of ether oxygens (including phenoxy) is 3. The Labute approximate surface area is 130 Å². The van der Waals surface area contributed by atoms with Crippen molar-refractivity contribution < 1.29 is 37.0 Å². The molecule has 0 aliphatic carbocycles. The third-order valence-corrected chi connectivity index (χ3v) is 2.65. The lowest BCUT2D eigenvalue weighted by Crippen LogP contribution is -2.36. The van der Waals surface area contributed by atoms with Crippen molar-refractivity contribution in [3.05, 3.63) is 23.8 Å². The standard InChI is InChI=1S/C14H16F3NO5/c1-21-10-4-3-9(5-11(10)22-2)6-13(20)23-7-12(19)18-8-14(15,16)17/h3-5H,6-8H2,1-2H3,(H,18,19). The summed E-state index contributed by atoms with van der Waals surface area (Å²) in [6.07, 6.45) is -4.67. The van der Waals surface area contributed by atoms with E-state index in [2.05, 4.69) is 4.74 Å². The molecule has 0 atom stereocenters. The van der Waals surface area contributed by atoms with E-state index in [-0.39, 0.29) is 6.42 Å². The minimum Gasteiger partial charge on any atom is -0.493 e. The van der Waals surface area contributed by atoms with Crippen LogP contribution >= 0.6 is 0 Å². The summed E-state index contributed by atoms with van der Waals surface area (Å²) in [4.78, 5) is 22.7. The molecule has 0 aliphatic heterocycles. The van der Waals surface area contributed by atoms with E-state index in [1.54, 1.807) is 23.5 Å². The molecule has 9 heteroatoms. The summed E-state index contributed by atoms with van der Waals surface area (Å²) >= 11 is 0. The summed E-state index contributed by atoms with van der Waals surface area (Å²) in [6.45, 7) is -2.25. The van der Waals surface area contributed by atoms with Crippen molar-refractivity contribution in [2.75, 3.05) is 27.4 Å². The Balaban J connectivity index is 2.46. The SMILES string of the molecule is COc1ccc(CC(=O)OCC(=O)NCC(F)(F)F)cc1OC. The molecule has 0 aliphatic rings. The van der Waals surface area contributed by atoms with Gasteiger partial charge < -0.3 is 19.5 Å². The molecule has 0 fully saturated rings. The molecule has 6 nitrogen and oxygen atoms in total. The molecule has 0 aromatic heterocycles. The topological polar surface area (TPSA) is 73.9 Å². The monoisotopic (exact) mass is 335 g/mol. The lowest BCUT2D eigenvalue weighted by atomic mass is 10.1. The van der Waals surface area contributed by atoms with Gasteiger partial charge in [0.2, 0.25) is 0 Å². The van der Waals surface area contributed by atoms with Crippen molar-refractivity contribution in [1.29, 1.82) is 0 Å². The van der Waals surface area contributed by atoms with E-state index in [1.165, 1.54) is 14.2 Å². The summed E-state index contributed by atoms with van der Waals surface area (Å²) in [5.74, 6) is -0.876. The van der Waals surface area contributed by atoms with Gasteiger partial charge in [-0.25, -0.2) is 0 Å². The second-order valence-electron chi connectivity index (χ2n) is 4.42. The maximum absolute atomic E-state index is 11.9. The van der Waals surface area contributed by atoms with E-state index in [0.29, 0.717) is 17.1 Å². The van der Waals surface area contributed by atoms with Crippen LogP contribution in [0.1, 0.15) is 5.56 Å². The molecule has 1 amide bonds. The summed E-state index contributed by atoms with van der Waals surface area (Å²) in [5.41, 5.74) is 0.545. The molecule has 0 bridgehead atoms. The summed E-state index contributed by atoms with van der Waals surface area (Å²) < 4.78 is 50.4. The number of carbonyl (C=O) groups excluding carboxylic acids is 2. The van der Waals surface area contributed by atoms with Crippen LogP contribution in [0.4, 0.5) is 13.2 Å². The summed E-state index contributed by atoms with van der Waals surface area (Å²) in [5, 5.41) is 1.60. The summed E-state index contributed by atoms with van der Waals surface area (Å²) in [7, 11) is 2.90. The predicted molar refractivity (Wildman–Crippen MR) is 73.3 cm³/mol. The van der Waals surface area contributed by atoms with E-state index in [4.69, 9.17) is 9.47 Å². The first-order valence-electron chi connectivity index (χ1n) is 6.45. The fourth-order valence-corrected chi connectivity index (χ4v) is 1.60. The molecule has 23 heavy (non-hydrogen) atoms. The molecule has 0 heterocycles. The number of esters is 1. The average molecular weight is 335 g/mol. The Bertz CT molecular complexity index is 560. The van der Waals surface area contributed by atoms with Crippen LogP contribution < -0.4 is 14.8 Å². The van der Waals surface area contributed by atoms with Crippen LogP contribution in [0.15, 0.2) is 18.2 Å². The van der Waals surface area contributed by atoms with Crippen molar-refractivity contribution in [3.63, 3.8) is 0 Å². The maximum Gasteiger partial charge on any atom is 0.405 e. The van der Waals surface area contributed by atoms with Crippen molar-refractivity contribution in [3.8, 4) is 11.5 Å². The molecule has 0 unspecified atom stereocenters. The van der Waals surface area contributed by atoms with Gasteiger partial charge in [0.1, 0.15) is 6.54 Å². The highest BCUT2D eigenvalue weighted by molar-refractivity contribution is 5.81. The average Bonchev–Trinajstić information content (AvgIpc) is 2.50. The van der Waals surface area contributed by atoms with Crippen molar-refractivity contribution in [2.45, 2.75) is 12.6 Å². The second-order valence-corrected chi connectivity index (χ2v) is 4.42. The normalized spacial score (nSPS) is 10.8. The molecule has 128 valence electrons. The van der Waals surface area contributed by atoms with Crippen LogP contribution in [-0.2, 0) is 20.7 Å². The smallest absolute Gasteiger partial charge is 0.405 e. The zero-order chi connectivity index (χ0) is 17.5. The van der Waals surface area contributed by atoms with Crippen LogP contribution in [0.25, 0.3) is 0 Å². The lowest BCUT2D eigenvalue weighted by molar-refractivity contribution is -0.150. The van der Waals surface area contributed by atoms with Crippen molar-refractivity contribution >= 4 is 11.9 Å². The van der Waals surface area contributed by atoms with Gasteiger partial charge in [0, 0.05) is 0 Å².